The molecule has 1 aliphatic carbocycles. The minimum Gasteiger partial charge on any atom is -0.481 e. The summed E-state index contributed by atoms with van der Waals surface area (Å²) in [6.07, 6.45) is 5.40. The summed E-state index contributed by atoms with van der Waals surface area (Å²) in [6, 6.07) is 2.39. The average molecular weight is 249 g/mol. The van der Waals surface area contributed by atoms with Crippen molar-refractivity contribution in [1.82, 2.24) is 9.97 Å². The molecule has 0 amide bonds. The van der Waals surface area contributed by atoms with Gasteiger partial charge in [0.2, 0.25) is 11.8 Å². The zero-order valence-electron chi connectivity index (χ0n) is 10.7. The third-order valence-corrected chi connectivity index (χ3v) is 3.55. The van der Waals surface area contributed by atoms with Gasteiger partial charge in [-0.05, 0) is 19.3 Å². The number of rotatable bonds is 5. The number of methoxy groups -OCH3 is 1. The summed E-state index contributed by atoms with van der Waals surface area (Å²) in [5, 5.41) is 0. The Hall–Kier alpha value is -1.36. The summed E-state index contributed by atoms with van der Waals surface area (Å²) in [5.41, 5.74) is 0. The molecule has 5 heteroatoms. The number of anilines is 1. The van der Waals surface area contributed by atoms with E-state index in [2.05, 4.69) is 14.9 Å². The highest BCUT2D eigenvalue weighted by Gasteiger charge is 2.33. The SMILES string of the molecule is COc1ccnc(N(C[C@@H]2CCOC2)C2CC2)n1. The van der Waals surface area contributed by atoms with E-state index in [0.29, 0.717) is 17.8 Å². The molecule has 0 unspecified atom stereocenters. The molecule has 3 rings (SSSR count). The predicted octanol–water partition coefficient (Wildman–Crippen LogP) is 1.49. The normalized spacial score (nSPS) is 23.1. The van der Waals surface area contributed by atoms with Crippen LogP contribution in [0.4, 0.5) is 5.95 Å². The van der Waals surface area contributed by atoms with Gasteiger partial charge in [-0.1, -0.05) is 0 Å². The lowest BCUT2D eigenvalue weighted by Crippen LogP contribution is -2.33. The van der Waals surface area contributed by atoms with E-state index in [1.54, 1.807) is 19.4 Å². The highest BCUT2D eigenvalue weighted by Crippen LogP contribution is 2.32. The summed E-state index contributed by atoms with van der Waals surface area (Å²) in [7, 11) is 1.64. The van der Waals surface area contributed by atoms with E-state index in [-0.39, 0.29) is 0 Å². The first-order valence-corrected chi connectivity index (χ1v) is 6.58. The molecule has 1 aromatic heterocycles. The first kappa shape index (κ1) is 11.7. The molecule has 2 aliphatic rings. The molecule has 0 radical (unpaired) electrons. The average Bonchev–Trinajstić information content (AvgIpc) is 3.13. The monoisotopic (exact) mass is 249 g/mol. The Morgan fingerprint density at radius 3 is 3.00 bits per heavy atom. The summed E-state index contributed by atoms with van der Waals surface area (Å²) >= 11 is 0. The molecule has 5 nitrogen and oxygen atoms in total. The van der Waals surface area contributed by atoms with E-state index in [1.165, 1.54) is 12.8 Å². The molecule has 1 aromatic rings. The Bertz CT molecular complexity index is 403. The fourth-order valence-electron chi connectivity index (χ4n) is 2.37. The third kappa shape index (κ3) is 2.56. The molecule has 0 aromatic carbocycles. The van der Waals surface area contributed by atoms with Gasteiger partial charge >= 0.3 is 0 Å². The minimum absolute atomic E-state index is 0.609. The van der Waals surface area contributed by atoms with Crippen molar-refractivity contribution in [2.75, 3.05) is 31.8 Å². The standard InChI is InChI=1S/C13H19N3O2/c1-17-12-4-6-14-13(15-12)16(11-2-3-11)8-10-5-7-18-9-10/h4,6,10-11H,2-3,5,7-9H2,1H3/t10-/m0/s1. The number of nitrogens with zero attached hydrogens (tertiary/aromatic N) is 3. The Balaban J connectivity index is 1.75. The van der Waals surface area contributed by atoms with E-state index in [0.717, 1.165) is 32.1 Å². The second kappa shape index (κ2) is 5.10. The van der Waals surface area contributed by atoms with Crippen LogP contribution in [0.15, 0.2) is 12.3 Å². The summed E-state index contributed by atoms with van der Waals surface area (Å²) in [6.45, 7) is 2.76. The van der Waals surface area contributed by atoms with Gasteiger partial charge in [-0.15, -0.1) is 0 Å². The molecular formula is C13H19N3O2. The zero-order chi connectivity index (χ0) is 12.4. The van der Waals surface area contributed by atoms with Gasteiger partial charge in [-0.25, -0.2) is 4.98 Å². The second-order valence-electron chi connectivity index (χ2n) is 5.01. The lowest BCUT2D eigenvalue weighted by molar-refractivity contribution is 0.186. The maximum atomic E-state index is 5.45. The van der Waals surface area contributed by atoms with Gasteiger partial charge in [-0.2, -0.15) is 4.98 Å². The molecule has 0 spiro atoms. The highest BCUT2D eigenvalue weighted by atomic mass is 16.5. The van der Waals surface area contributed by atoms with Crippen molar-refractivity contribution in [3.8, 4) is 5.88 Å². The smallest absolute Gasteiger partial charge is 0.228 e. The van der Waals surface area contributed by atoms with Gasteiger partial charge < -0.3 is 14.4 Å². The van der Waals surface area contributed by atoms with E-state index in [1.807, 2.05) is 0 Å². The van der Waals surface area contributed by atoms with Crippen LogP contribution in [0.25, 0.3) is 0 Å². The van der Waals surface area contributed by atoms with E-state index < -0.39 is 0 Å². The fraction of sp³-hybridized carbons (Fsp3) is 0.692. The van der Waals surface area contributed by atoms with E-state index in [4.69, 9.17) is 9.47 Å². The molecule has 1 aliphatic heterocycles. The third-order valence-electron chi connectivity index (χ3n) is 3.55. The number of ether oxygens (including phenoxy) is 2. The van der Waals surface area contributed by atoms with E-state index >= 15 is 0 Å². The minimum atomic E-state index is 0.609. The van der Waals surface area contributed by atoms with Gasteiger partial charge in [-0.3, -0.25) is 0 Å². The molecule has 18 heavy (non-hydrogen) atoms. The first-order chi connectivity index (χ1) is 8.86. The molecular weight excluding hydrogens is 230 g/mol. The van der Waals surface area contributed by atoms with Crippen LogP contribution in [0.2, 0.25) is 0 Å². The molecule has 0 bridgehead atoms. The lowest BCUT2D eigenvalue weighted by atomic mass is 10.1. The van der Waals surface area contributed by atoms with Crippen LogP contribution in [0.3, 0.4) is 0 Å². The summed E-state index contributed by atoms with van der Waals surface area (Å²) < 4.78 is 10.6. The quantitative estimate of drug-likeness (QED) is 0.791. The molecule has 1 saturated heterocycles. The highest BCUT2D eigenvalue weighted by molar-refractivity contribution is 5.35. The number of aromatic nitrogens is 2. The van der Waals surface area contributed by atoms with Crippen molar-refractivity contribution in [1.29, 1.82) is 0 Å². The van der Waals surface area contributed by atoms with Crippen LogP contribution in [0, 0.1) is 5.92 Å². The van der Waals surface area contributed by atoms with Gasteiger partial charge in [0.25, 0.3) is 0 Å². The van der Waals surface area contributed by atoms with Crippen molar-refractivity contribution in [2.24, 2.45) is 5.92 Å². The van der Waals surface area contributed by atoms with Gasteiger partial charge in [0, 0.05) is 37.4 Å². The summed E-state index contributed by atoms with van der Waals surface area (Å²) in [5.74, 6) is 2.04. The van der Waals surface area contributed by atoms with Crippen molar-refractivity contribution in [2.45, 2.75) is 25.3 Å². The van der Waals surface area contributed by atoms with Crippen LogP contribution in [0.5, 0.6) is 5.88 Å². The van der Waals surface area contributed by atoms with Gasteiger partial charge in [0.15, 0.2) is 0 Å². The fourth-order valence-corrected chi connectivity index (χ4v) is 2.37. The Morgan fingerprint density at radius 2 is 2.33 bits per heavy atom. The Morgan fingerprint density at radius 1 is 1.44 bits per heavy atom. The predicted molar refractivity (Wildman–Crippen MR) is 67.9 cm³/mol. The topological polar surface area (TPSA) is 47.5 Å². The Labute approximate surface area is 107 Å². The zero-order valence-corrected chi connectivity index (χ0v) is 10.7. The summed E-state index contributed by atoms with van der Waals surface area (Å²) in [4.78, 5) is 11.2. The Kier molecular flexibility index (Phi) is 3.32. The van der Waals surface area contributed by atoms with Crippen LogP contribution in [0.1, 0.15) is 19.3 Å². The van der Waals surface area contributed by atoms with Crippen LogP contribution < -0.4 is 9.64 Å². The number of hydrogen-bond donors (Lipinski definition) is 0. The molecule has 2 heterocycles. The van der Waals surface area contributed by atoms with Crippen molar-refractivity contribution in [3.05, 3.63) is 12.3 Å². The van der Waals surface area contributed by atoms with Crippen molar-refractivity contribution < 1.29 is 9.47 Å². The van der Waals surface area contributed by atoms with Crippen LogP contribution in [-0.2, 0) is 4.74 Å². The second-order valence-corrected chi connectivity index (χ2v) is 5.01. The van der Waals surface area contributed by atoms with Crippen LogP contribution in [-0.4, -0.2) is 42.9 Å². The maximum Gasteiger partial charge on any atom is 0.228 e. The number of hydrogen-bond acceptors (Lipinski definition) is 5. The molecule has 0 N–H and O–H groups in total. The molecule has 1 saturated carbocycles. The van der Waals surface area contributed by atoms with E-state index in [9.17, 15) is 0 Å². The molecule has 2 fully saturated rings. The van der Waals surface area contributed by atoms with Crippen molar-refractivity contribution >= 4 is 5.95 Å². The largest absolute Gasteiger partial charge is 0.481 e. The lowest BCUT2D eigenvalue weighted by Gasteiger charge is -2.25. The van der Waals surface area contributed by atoms with Gasteiger partial charge in [0.1, 0.15) is 0 Å². The van der Waals surface area contributed by atoms with Gasteiger partial charge in [0.05, 0.1) is 13.7 Å². The molecule has 1 atom stereocenters. The molecule has 98 valence electrons. The maximum absolute atomic E-state index is 5.45. The van der Waals surface area contributed by atoms with Crippen molar-refractivity contribution in [3.63, 3.8) is 0 Å². The first-order valence-electron chi connectivity index (χ1n) is 6.58. The van der Waals surface area contributed by atoms with Crippen LogP contribution >= 0.6 is 0 Å².